The Labute approximate surface area is 128 Å². The lowest BCUT2D eigenvalue weighted by Gasteiger charge is -2.15. The summed E-state index contributed by atoms with van der Waals surface area (Å²) >= 11 is 1.54. The topological polar surface area (TPSA) is 46.2 Å². The van der Waals surface area contributed by atoms with E-state index in [1.807, 2.05) is 38.1 Å². The molecular weight excluding hydrogens is 282 g/mol. The van der Waals surface area contributed by atoms with Crippen LogP contribution in [0.5, 0.6) is 0 Å². The van der Waals surface area contributed by atoms with Crippen LogP contribution in [0.25, 0.3) is 0 Å². The molecule has 1 aromatic carbocycles. The van der Waals surface area contributed by atoms with Gasteiger partial charge in [0.15, 0.2) is 0 Å². The Morgan fingerprint density at radius 3 is 2.67 bits per heavy atom. The van der Waals surface area contributed by atoms with Crippen molar-refractivity contribution >= 4 is 28.7 Å². The van der Waals surface area contributed by atoms with E-state index in [-0.39, 0.29) is 11.7 Å². The number of fused-ring (bicyclic) bond motifs is 1. The Morgan fingerprint density at radius 1 is 1.24 bits per heavy atom. The number of hydrogen-bond acceptors (Lipinski definition) is 3. The normalized spacial score (nSPS) is 15.7. The van der Waals surface area contributed by atoms with Crippen molar-refractivity contribution in [1.29, 1.82) is 0 Å². The van der Waals surface area contributed by atoms with E-state index in [2.05, 4.69) is 12.2 Å². The van der Waals surface area contributed by atoms with Crippen LogP contribution >= 0.6 is 11.3 Å². The summed E-state index contributed by atoms with van der Waals surface area (Å²) in [6, 6.07) is 9.34. The number of nitrogens with one attached hydrogen (secondary N) is 1. The van der Waals surface area contributed by atoms with Crippen molar-refractivity contribution in [2.45, 2.75) is 32.6 Å². The number of ketones is 1. The summed E-state index contributed by atoms with van der Waals surface area (Å²) in [6.45, 7) is 5.83. The first-order chi connectivity index (χ1) is 9.93. The Morgan fingerprint density at radius 2 is 2.00 bits per heavy atom. The van der Waals surface area contributed by atoms with Crippen molar-refractivity contribution in [1.82, 2.24) is 0 Å². The van der Waals surface area contributed by atoms with Gasteiger partial charge in [0.25, 0.3) is 0 Å². The summed E-state index contributed by atoms with van der Waals surface area (Å²) in [5.41, 5.74) is 1.76. The highest BCUT2D eigenvalue weighted by atomic mass is 32.1. The Balaban J connectivity index is 2.00. The zero-order valence-electron chi connectivity index (χ0n) is 12.3. The second kappa shape index (κ2) is 4.81. The van der Waals surface area contributed by atoms with Crippen LogP contribution in [0.15, 0.2) is 30.3 Å². The first-order valence-electron chi connectivity index (χ1n) is 7.03. The van der Waals surface area contributed by atoms with Gasteiger partial charge in [0.1, 0.15) is 0 Å². The monoisotopic (exact) mass is 299 g/mol. The number of thiophene rings is 1. The van der Waals surface area contributed by atoms with E-state index >= 15 is 0 Å². The van der Waals surface area contributed by atoms with Gasteiger partial charge in [-0.05, 0) is 56.2 Å². The Hall–Kier alpha value is -1.94. The van der Waals surface area contributed by atoms with Crippen LogP contribution in [0, 0.1) is 0 Å². The van der Waals surface area contributed by atoms with Gasteiger partial charge in [0.05, 0.1) is 10.3 Å². The van der Waals surface area contributed by atoms with Gasteiger partial charge in [-0.25, -0.2) is 0 Å². The number of amides is 1. The van der Waals surface area contributed by atoms with Crippen LogP contribution in [0.3, 0.4) is 0 Å². The minimum atomic E-state index is -0.588. The lowest BCUT2D eigenvalue weighted by atomic mass is 9.85. The average Bonchev–Trinajstić information content (AvgIpc) is 3.02. The number of aryl methyl sites for hydroxylation is 1. The third-order valence-corrected chi connectivity index (χ3v) is 5.23. The molecule has 1 aliphatic heterocycles. The number of anilines is 1. The Bertz CT molecular complexity index is 743. The quantitative estimate of drug-likeness (QED) is 0.877. The zero-order chi connectivity index (χ0) is 15.2. The van der Waals surface area contributed by atoms with E-state index in [1.54, 1.807) is 6.07 Å². The maximum atomic E-state index is 12.6. The molecule has 4 heteroatoms. The second-order valence-electron chi connectivity index (χ2n) is 5.79. The summed E-state index contributed by atoms with van der Waals surface area (Å²) in [5.74, 6) is 0.00383. The highest BCUT2D eigenvalue weighted by Gasteiger charge is 2.38. The van der Waals surface area contributed by atoms with Gasteiger partial charge >= 0.3 is 0 Å². The van der Waals surface area contributed by atoms with Crippen molar-refractivity contribution in [2.24, 2.45) is 0 Å². The van der Waals surface area contributed by atoms with Crippen molar-refractivity contribution in [3.8, 4) is 0 Å². The third-order valence-electron chi connectivity index (χ3n) is 4.00. The van der Waals surface area contributed by atoms with Crippen molar-refractivity contribution in [2.75, 3.05) is 5.32 Å². The van der Waals surface area contributed by atoms with Crippen molar-refractivity contribution in [3.05, 3.63) is 51.2 Å². The fraction of sp³-hybridized carbons (Fsp3) is 0.294. The molecule has 0 bridgehead atoms. The van der Waals surface area contributed by atoms with E-state index in [0.717, 1.165) is 22.5 Å². The summed E-state index contributed by atoms with van der Waals surface area (Å²) < 4.78 is 0. The molecule has 108 valence electrons. The van der Waals surface area contributed by atoms with Gasteiger partial charge in [-0.1, -0.05) is 6.92 Å². The van der Waals surface area contributed by atoms with E-state index < -0.39 is 5.41 Å². The molecular formula is C17H17NO2S. The van der Waals surface area contributed by atoms with Gasteiger partial charge in [0.2, 0.25) is 11.7 Å². The predicted octanol–water partition coefficient (Wildman–Crippen LogP) is 3.77. The fourth-order valence-electron chi connectivity index (χ4n) is 2.54. The molecule has 1 aliphatic rings. The number of carbonyl (C=O) groups is 2. The summed E-state index contributed by atoms with van der Waals surface area (Å²) in [7, 11) is 0. The maximum Gasteiger partial charge on any atom is 0.234 e. The van der Waals surface area contributed by atoms with Crippen LogP contribution in [0.4, 0.5) is 5.69 Å². The number of rotatable bonds is 3. The summed E-state index contributed by atoms with van der Waals surface area (Å²) in [5, 5.41) is 2.86. The first-order valence-corrected chi connectivity index (χ1v) is 7.84. The molecule has 0 radical (unpaired) electrons. The lowest BCUT2D eigenvalue weighted by Crippen LogP contribution is -2.27. The van der Waals surface area contributed by atoms with Gasteiger partial charge in [-0.2, -0.15) is 0 Å². The molecule has 0 fully saturated rings. The minimum absolute atomic E-state index is 0.0218. The minimum Gasteiger partial charge on any atom is -0.325 e. The van der Waals surface area contributed by atoms with Crippen LogP contribution in [-0.2, 0) is 16.6 Å². The maximum absolute atomic E-state index is 12.6. The van der Waals surface area contributed by atoms with Crippen LogP contribution in [0.2, 0.25) is 0 Å². The molecule has 0 saturated carbocycles. The SMILES string of the molecule is CCc1ccc(C(=O)c2ccc3c(c2)C(C)(C)C(=O)N3)s1. The Kier molecular flexibility index (Phi) is 3.21. The summed E-state index contributed by atoms with van der Waals surface area (Å²) in [4.78, 5) is 26.5. The molecule has 0 saturated heterocycles. The molecule has 0 aliphatic carbocycles. The second-order valence-corrected chi connectivity index (χ2v) is 6.96. The summed E-state index contributed by atoms with van der Waals surface area (Å²) in [6.07, 6.45) is 0.938. The molecule has 21 heavy (non-hydrogen) atoms. The van der Waals surface area contributed by atoms with E-state index in [1.165, 1.54) is 16.2 Å². The molecule has 0 unspecified atom stereocenters. The lowest BCUT2D eigenvalue weighted by molar-refractivity contribution is -0.119. The van der Waals surface area contributed by atoms with Crippen LogP contribution < -0.4 is 5.32 Å². The van der Waals surface area contributed by atoms with E-state index in [4.69, 9.17) is 0 Å². The van der Waals surface area contributed by atoms with Gasteiger partial charge in [-0.15, -0.1) is 11.3 Å². The molecule has 2 aromatic rings. The van der Waals surface area contributed by atoms with Crippen molar-refractivity contribution in [3.63, 3.8) is 0 Å². The molecule has 0 spiro atoms. The smallest absolute Gasteiger partial charge is 0.234 e. The molecule has 1 amide bonds. The molecule has 3 nitrogen and oxygen atoms in total. The fourth-order valence-corrected chi connectivity index (χ4v) is 3.45. The van der Waals surface area contributed by atoms with E-state index in [0.29, 0.717) is 5.56 Å². The van der Waals surface area contributed by atoms with Gasteiger partial charge in [0, 0.05) is 16.1 Å². The molecule has 2 heterocycles. The first kappa shape index (κ1) is 14.0. The zero-order valence-corrected chi connectivity index (χ0v) is 13.1. The molecule has 0 atom stereocenters. The van der Waals surface area contributed by atoms with Gasteiger partial charge in [-0.3, -0.25) is 9.59 Å². The predicted molar refractivity (Wildman–Crippen MR) is 85.2 cm³/mol. The highest BCUT2D eigenvalue weighted by Crippen LogP contribution is 2.38. The van der Waals surface area contributed by atoms with Gasteiger partial charge < -0.3 is 5.32 Å². The number of benzene rings is 1. The largest absolute Gasteiger partial charge is 0.325 e. The number of hydrogen-bond donors (Lipinski definition) is 1. The average molecular weight is 299 g/mol. The highest BCUT2D eigenvalue weighted by molar-refractivity contribution is 7.14. The number of carbonyl (C=O) groups excluding carboxylic acids is 2. The third kappa shape index (κ3) is 2.20. The molecule has 1 aromatic heterocycles. The van der Waals surface area contributed by atoms with Crippen LogP contribution in [-0.4, -0.2) is 11.7 Å². The standard InChI is InChI=1S/C17H17NO2S/c1-4-11-6-8-14(21-11)15(19)10-5-7-13-12(9-10)17(2,3)16(20)18-13/h5-9H,4H2,1-3H3,(H,18,20). The molecule has 1 N–H and O–H groups in total. The van der Waals surface area contributed by atoms with Crippen molar-refractivity contribution < 1.29 is 9.59 Å². The molecule has 3 rings (SSSR count). The van der Waals surface area contributed by atoms with Crippen LogP contribution in [0.1, 0.15) is 46.4 Å². The van der Waals surface area contributed by atoms with E-state index in [9.17, 15) is 9.59 Å².